The van der Waals surface area contributed by atoms with E-state index < -0.39 is 0 Å². The fraction of sp³-hybridized carbons (Fsp3) is 0.385. The highest BCUT2D eigenvalue weighted by Gasteiger charge is 2.17. The van der Waals surface area contributed by atoms with E-state index in [1.54, 1.807) is 0 Å². The first-order chi connectivity index (χ1) is 7.90. The van der Waals surface area contributed by atoms with E-state index in [2.05, 4.69) is 54.4 Å². The highest BCUT2D eigenvalue weighted by atomic mass is 32.2. The molecule has 2 rings (SSSR count). The van der Waals surface area contributed by atoms with E-state index in [-0.39, 0.29) is 0 Å². The van der Waals surface area contributed by atoms with E-state index in [0.29, 0.717) is 4.58 Å². The Kier molecular flexibility index (Phi) is 5.20. The molecule has 1 aliphatic rings. The van der Waals surface area contributed by atoms with Gasteiger partial charge >= 0.3 is 0 Å². The fourth-order valence-electron chi connectivity index (χ4n) is 1.58. The summed E-state index contributed by atoms with van der Waals surface area (Å²) in [5.41, 5.74) is 2.90. The normalized spacial score (nSPS) is 16.5. The molecule has 0 aliphatic carbocycles. The Morgan fingerprint density at radius 2 is 1.94 bits per heavy atom. The van der Waals surface area contributed by atoms with Crippen molar-refractivity contribution in [3.63, 3.8) is 0 Å². The lowest BCUT2D eigenvalue weighted by atomic mass is 10.2. The van der Waals surface area contributed by atoms with Gasteiger partial charge in [-0.1, -0.05) is 30.3 Å². The molecule has 0 aromatic heterocycles. The molecule has 1 aliphatic heterocycles. The summed E-state index contributed by atoms with van der Waals surface area (Å²) in [6, 6.07) is 9.12. The maximum absolute atomic E-state index is 3.73. The Balaban J connectivity index is 1.90. The minimum atomic E-state index is 0.676. The van der Waals surface area contributed by atoms with Gasteiger partial charge in [0.25, 0.3) is 0 Å². The monoisotopic (exact) mass is 268 g/mol. The number of hydrogen-bond donors (Lipinski definition) is 0. The topological polar surface area (TPSA) is 0 Å². The Morgan fingerprint density at radius 3 is 2.56 bits per heavy atom. The molecule has 0 radical (unpaired) electrons. The van der Waals surface area contributed by atoms with Gasteiger partial charge in [0.2, 0.25) is 0 Å². The van der Waals surface area contributed by atoms with Crippen LogP contribution in [0.25, 0.3) is 0 Å². The molecule has 16 heavy (non-hydrogen) atoms. The smallest absolute Gasteiger partial charge is 0.0751 e. The zero-order valence-corrected chi connectivity index (χ0v) is 11.7. The maximum Gasteiger partial charge on any atom is 0.0751 e. The Labute approximate surface area is 111 Å². The minimum absolute atomic E-state index is 0.676. The third-order valence-electron chi connectivity index (χ3n) is 2.38. The zero-order valence-electron chi connectivity index (χ0n) is 9.22. The molecule has 0 amide bonds. The van der Waals surface area contributed by atoms with E-state index in [4.69, 9.17) is 0 Å². The van der Waals surface area contributed by atoms with Crippen LogP contribution < -0.4 is 0 Å². The van der Waals surface area contributed by atoms with E-state index in [9.17, 15) is 0 Å². The fourth-order valence-corrected chi connectivity index (χ4v) is 5.15. The lowest BCUT2D eigenvalue weighted by Gasteiger charge is -2.08. The molecule has 0 atom stereocenters. The van der Waals surface area contributed by atoms with Crippen molar-refractivity contribution in [2.75, 3.05) is 17.3 Å². The average molecular weight is 268 g/mol. The number of rotatable bonds is 5. The third-order valence-corrected chi connectivity index (χ3v) is 6.49. The summed E-state index contributed by atoms with van der Waals surface area (Å²) in [5.74, 6) is 4.73. The molecule has 3 heteroatoms. The van der Waals surface area contributed by atoms with Crippen molar-refractivity contribution >= 4 is 35.3 Å². The Morgan fingerprint density at radius 1 is 1.25 bits per heavy atom. The van der Waals surface area contributed by atoms with E-state index in [1.165, 1.54) is 22.6 Å². The van der Waals surface area contributed by atoms with Crippen LogP contribution in [0.4, 0.5) is 0 Å². The molecule has 0 saturated carbocycles. The van der Waals surface area contributed by atoms with Crippen molar-refractivity contribution in [1.29, 1.82) is 0 Å². The molecule has 0 unspecified atom stereocenters. The lowest BCUT2D eigenvalue weighted by Crippen LogP contribution is -1.87. The predicted octanol–water partition coefficient (Wildman–Crippen LogP) is 4.58. The first-order valence-electron chi connectivity index (χ1n) is 5.41. The van der Waals surface area contributed by atoms with Crippen molar-refractivity contribution in [1.82, 2.24) is 0 Å². The van der Waals surface area contributed by atoms with Crippen LogP contribution in [0.15, 0.2) is 36.9 Å². The molecule has 1 aromatic carbocycles. The van der Waals surface area contributed by atoms with Gasteiger partial charge in [0.05, 0.1) is 4.58 Å². The lowest BCUT2D eigenvalue weighted by molar-refractivity contribution is 1.33. The first-order valence-corrected chi connectivity index (χ1v) is 8.66. The van der Waals surface area contributed by atoms with Crippen molar-refractivity contribution in [2.45, 2.75) is 10.3 Å². The predicted molar refractivity (Wildman–Crippen MR) is 80.5 cm³/mol. The Hall–Kier alpha value is 0.01000. The molecule has 0 N–H and O–H groups in total. The van der Waals surface area contributed by atoms with Gasteiger partial charge in [-0.05, 0) is 11.1 Å². The van der Waals surface area contributed by atoms with Crippen molar-refractivity contribution in [3.05, 3.63) is 48.0 Å². The van der Waals surface area contributed by atoms with E-state index in [0.717, 1.165) is 11.5 Å². The van der Waals surface area contributed by atoms with E-state index >= 15 is 0 Å². The summed E-state index contributed by atoms with van der Waals surface area (Å²) in [5, 5.41) is 0. The van der Waals surface area contributed by atoms with Gasteiger partial charge in [0.15, 0.2) is 0 Å². The SMILES string of the molecule is C=CCSCc1ccc(C2SCCS2)cc1. The molecule has 1 saturated heterocycles. The molecule has 1 fully saturated rings. The van der Waals surface area contributed by atoms with Crippen LogP contribution in [0.2, 0.25) is 0 Å². The quantitative estimate of drug-likeness (QED) is 0.566. The van der Waals surface area contributed by atoms with Gasteiger partial charge in [-0.25, -0.2) is 0 Å². The van der Waals surface area contributed by atoms with Crippen LogP contribution >= 0.6 is 35.3 Å². The molecule has 0 spiro atoms. The van der Waals surface area contributed by atoms with Crippen molar-refractivity contribution < 1.29 is 0 Å². The summed E-state index contributed by atoms with van der Waals surface area (Å²) in [6.45, 7) is 3.73. The summed E-state index contributed by atoms with van der Waals surface area (Å²) < 4.78 is 0.676. The van der Waals surface area contributed by atoms with Crippen molar-refractivity contribution in [3.8, 4) is 0 Å². The summed E-state index contributed by atoms with van der Waals surface area (Å²) in [4.78, 5) is 0. The molecule has 0 nitrogen and oxygen atoms in total. The molecular formula is C13H16S3. The minimum Gasteiger partial charge on any atom is -0.153 e. The van der Waals surface area contributed by atoms with Gasteiger partial charge in [-0.3, -0.25) is 0 Å². The van der Waals surface area contributed by atoms with Crippen LogP contribution in [0.1, 0.15) is 15.7 Å². The second-order valence-corrected chi connectivity index (χ2v) is 7.37. The van der Waals surface area contributed by atoms with Gasteiger partial charge in [-0.2, -0.15) is 11.8 Å². The maximum atomic E-state index is 3.73. The molecule has 1 aromatic rings. The largest absolute Gasteiger partial charge is 0.153 e. The van der Waals surface area contributed by atoms with Crippen LogP contribution in [-0.2, 0) is 5.75 Å². The summed E-state index contributed by atoms with van der Waals surface area (Å²) >= 11 is 6.05. The molecule has 0 bridgehead atoms. The standard InChI is InChI=1S/C13H16S3/c1-2-7-14-10-11-3-5-12(6-4-11)13-15-8-9-16-13/h2-6,13H,1,7-10H2. The highest BCUT2D eigenvalue weighted by Crippen LogP contribution is 2.45. The van der Waals surface area contributed by atoms with Gasteiger partial charge < -0.3 is 0 Å². The zero-order chi connectivity index (χ0) is 11.2. The number of hydrogen-bond acceptors (Lipinski definition) is 3. The third kappa shape index (κ3) is 3.51. The Bertz CT molecular complexity index is 326. The second kappa shape index (κ2) is 6.67. The van der Waals surface area contributed by atoms with E-state index in [1.807, 2.05) is 17.8 Å². The van der Waals surface area contributed by atoms with Crippen LogP contribution in [0, 0.1) is 0 Å². The summed E-state index contributed by atoms with van der Waals surface area (Å²) in [6.07, 6.45) is 1.96. The van der Waals surface area contributed by atoms with Gasteiger partial charge in [0, 0.05) is 23.0 Å². The molecule has 1 heterocycles. The van der Waals surface area contributed by atoms with Gasteiger partial charge in [-0.15, -0.1) is 30.1 Å². The summed E-state index contributed by atoms with van der Waals surface area (Å²) in [7, 11) is 0. The van der Waals surface area contributed by atoms with Crippen molar-refractivity contribution in [2.24, 2.45) is 0 Å². The average Bonchev–Trinajstić information content (AvgIpc) is 2.84. The first kappa shape index (κ1) is 12.5. The van der Waals surface area contributed by atoms with Crippen LogP contribution in [-0.4, -0.2) is 17.3 Å². The molecule has 86 valence electrons. The van der Waals surface area contributed by atoms with Crippen LogP contribution in [0.5, 0.6) is 0 Å². The second-order valence-electron chi connectivity index (χ2n) is 3.62. The highest BCUT2D eigenvalue weighted by molar-refractivity contribution is 8.19. The molecular weight excluding hydrogens is 252 g/mol. The van der Waals surface area contributed by atoms with Crippen LogP contribution in [0.3, 0.4) is 0 Å². The van der Waals surface area contributed by atoms with Gasteiger partial charge in [0.1, 0.15) is 0 Å². The number of benzene rings is 1. The number of thioether (sulfide) groups is 3.